The van der Waals surface area contributed by atoms with Crippen molar-refractivity contribution in [1.82, 2.24) is 14.3 Å². The molecule has 0 atom stereocenters. The Morgan fingerprint density at radius 2 is 1.77 bits per heavy atom. The van der Waals surface area contributed by atoms with Crippen molar-refractivity contribution < 1.29 is 9.13 Å². The van der Waals surface area contributed by atoms with E-state index < -0.39 is 0 Å². The molecule has 1 N–H and O–H groups in total. The van der Waals surface area contributed by atoms with E-state index in [-0.39, 0.29) is 5.82 Å². The molecular weight excluding hydrogens is 401 g/mol. The van der Waals surface area contributed by atoms with Gasteiger partial charge in [0.2, 0.25) is 5.95 Å². The molecule has 2 aromatic carbocycles. The monoisotopic (exact) mass is 425 g/mol. The van der Waals surface area contributed by atoms with Crippen molar-refractivity contribution in [2.75, 3.05) is 43.5 Å². The number of anilines is 3. The third-order valence-corrected chi connectivity index (χ3v) is 5.84. The molecule has 156 valence electrons. The van der Waals surface area contributed by atoms with Gasteiger partial charge in [-0.25, -0.2) is 13.7 Å². The predicted molar refractivity (Wildman–Crippen MR) is 119 cm³/mol. The maximum Gasteiger partial charge on any atom is 0.227 e. The van der Waals surface area contributed by atoms with Crippen molar-refractivity contribution in [3.63, 3.8) is 0 Å². The number of aromatic nitrogens is 2. The van der Waals surface area contributed by atoms with Crippen LogP contribution >= 0.6 is 11.9 Å². The maximum atomic E-state index is 13.1. The minimum Gasteiger partial charge on any atom is -0.497 e. The molecule has 8 heteroatoms. The van der Waals surface area contributed by atoms with E-state index in [2.05, 4.69) is 30.6 Å². The number of aryl methyl sites for hydroxylation is 1. The van der Waals surface area contributed by atoms with Crippen molar-refractivity contribution in [3.8, 4) is 5.75 Å². The first-order valence-corrected chi connectivity index (χ1v) is 10.6. The molecule has 30 heavy (non-hydrogen) atoms. The maximum absolute atomic E-state index is 13.1. The van der Waals surface area contributed by atoms with Crippen LogP contribution in [0, 0.1) is 12.7 Å². The molecule has 1 fully saturated rings. The Hall–Kier alpha value is -2.84. The summed E-state index contributed by atoms with van der Waals surface area (Å²) in [7, 11) is 1.68. The molecule has 0 unspecified atom stereocenters. The van der Waals surface area contributed by atoms with E-state index in [0.717, 1.165) is 43.3 Å². The topological polar surface area (TPSA) is 53.5 Å². The number of hydrogen-bond acceptors (Lipinski definition) is 7. The number of piperazine rings is 1. The molecule has 2 heterocycles. The summed E-state index contributed by atoms with van der Waals surface area (Å²) in [5.41, 5.74) is 1.68. The van der Waals surface area contributed by atoms with Crippen LogP contribution in [0.1, 0.15) is 5.69 Å². The first-order chi connectivity index (χ1) is 14.6. The number of benzene rings is 2. The van der Waals surface area contributed by atoms with Crippen LogP contribution in [0.3, 0.4) is 0 Å². The third-order valence-electron chi connectivity index (χ3n) is 4.76. The van der Waals surface area contributed by atoms with Crippen molar-refractivity contribution >= 4 is 29.4 Å². The lowest BCUT2D eigenvalue weighted by atomic mass is 10.3. The van der Waals surface area contributed by atoms with Crippen LogP contribution in [0.15, 0.2) is 59.5 Å². The average Bonchev–Trinajstić information content (AvgIpc) is 2.76. The summed E-state index contributed by atoms with van der Waals surface area (Å²) in [5, 5.41) is 3.23. The van der Waals surface area contributed by atoms with Crippen molar-refractivity contribution in [2.24, 2.45) is 0 Å². The van der Waals surface area contributed by atoms with Crippen LogP contribution < -0.4 is 15.0 Å². The Labute approximate surface area is 180 Å². The van der Waals surface area contributed by atoms with Crippen LogP contribution in [0.4, 0.5) is 21.8 Å². The lowest BCUT2D eigenvalue weighted by Crippen LogP contribution is -2.44. The molecule has 3 aromatic rings. The van der Waals surface area contributed by atoms with E-state index in [1.54, 1.807) is 31.2 Å². The molecule has 1 aliphatic rings. The van der Waals surface area contributed by atoms with Crippen LogP contribution in [0.2, 0.25) is 0 Å². The van der Waals surface area contributed by atoms with Crippen LogP contribution in [0.5, 0.6) is 5.75 Å². The molecule has 0 radical (unpaired) electrons. The normalized spacial score (nSPS) is 14.6. The number of nitrogens with one attached hydrogen (secondary N) is 1. The highest BCUT2D eigenvalue weighted by atomic mass is 32.2. The van der Waals surface area contributed by atoms with Gasteiger partial charge in [0.25, 0.3) is 0 Å². The zero-order valence-corrected chi connectivity index (χ0v) is 17.8. The second kappa shape index (κ2) is 9.32. The molecule has 6 nitrogen and oxygen atoms in total. The van der Waals surface area contributed by atoms with Gasteiger partial charge in [-0.1, -0.05) is 6.07 Å². The van der Waals surface area contributed by atoms with Crippen molar-refractivity contribution in [1.29, 1.82) is 0 Å². The highest BCUT2D eigenvalue weighted by molar-refractivity contribution is 7.97. The van der Waals surface area contributed by atoms with Crippen LogP contribution in [0.25, 0.3) is 0 Å². The lowest BCUT2D eigenvalue weighted by molar-refractivity contribution is 0.412. The summed E-state index contributed by atoms with van der Waals surface area (Å²) in [6, 6.07) is 16.2. The second-order valence-electron chi connectivity index (χ2n) is 7.01. The fourth-order valence-corrected chi connectivity index (χ4v) is 4.18. The highest BCUT2D eigenvalue weighted by Crippen LogP contribution is 2.28. The quantitative estimate of drug-likeness (QED) is 0.583. The summed E-state index contributed by atoms with van der Waals surface area (Å²) in [4.78, 5) is 12.7. The van der Waals surface area contributed by atoms with E-state index in [1.165, 1.54) is 17.0 Å². The van der Waals surface area contributed by atoms with Gasteiger partial charge >= 0.3 is 0 Å². The van der Waals surface area contributed by atoms with Gasteiger partial charge < -0.3 is 15.0 Å². The molecule has 4 rings (SSSR count). The fraction of sp³-hybridized carbons (Fsp3) is 0.273. The number of ether oxygens (including phenoxy) is 1. The number of methoxy groups -OCH3 is 1. The SMILES string of the molecule is COc1cccc(SN2CCN(c3nc(C)cc(Nc4ccc(F)cc4)n3)CC2)c1. The third kappa shape index (κ3) is 5.20. The Balaban J connectivity index is 1.39. The fourth-order valence-electron chi connectivity index (χ4n) is 3.23. The summed E-state index contributed by atoms with van der Waals surface area (Å²) in [6.45, 7) is 5.45. The van der Waals surface area contributed by atoms with Gasteiger partial charge in [0.1, 0.15) is 17.4 Å². The Bertz CT molecular complexity index is 993. The van der Waals surface area contributed by atoms with Gasteiger partial charge in [-0.3, -0.25) is 0 Å². The van der Waals surface area contributed by atoms with Gasteiger partial charge in [0.05, 0.1) is 7.11 Å². The van der Waals surface area contributed by atoms with E-state index in [1.807, 2.05) is 31.2 Å². The molecule has 1 saturated heterocycles. The molecule has 0 bridgehead atoms. The molecule has 1 aromatic heterocycles. The van der Waals surface area contributed by atoms with Crippen LogP contribution in [-0.2, 0) is 0 Å². The molecule has 0 amide bonds. The average molecular weight is 426 g/mol. The first kappa shape index (κ1) is 20.4. The first-order valence-electron chi connectivity index (χ1n) is 9.79. The lowest BCUT2D eigenvalue weighted by Gasteiger charge is -2.34. The van der Waals surface area contributed by atoms with E-state index >= 15 is 0 Å². The number of halogens is 1. The Kier molecular flexibility index (Phi) is 6.35. The molecule has 0 aliphatic carbocycles. The Morgan fingerprint density at radius 3 is 2.50 bits per heavy atom. The van der Waals surface area contributed by atoms with E-state index in [0.29, 0.717) is 11.8 Å². The van der Waals surface area contributed by atoms with Crippen LogP contribution in [-0.4, -0.2) is 47.6 Å². The standard InChI is InChI=1S/C22H24FN5OS/c1-16-14-21(25-18-8-6-17(23)7-9-18)26-22(24-16)27-10-12-28(13-11-27)30-20-5-3-4-19(15-20)29-2/h3-9,14-15H,10-13H2,1-2H3,(H,24,25,26). The molecule has 0 saturated carbocycles. The summed E-state index contributed by atoms with van der Waals surface area (Å²) >= 11 is 1.74. The van der Waals surface area contributed by atoms with E-state index in [9.17, 15) is 4.39 Å². The molecule has 0 spiro atoms. The van der Waals surface area contributed by atoms with Gasteiger partial charge in [-0.05, 0) is 61.3 Å². The van der Waals surface area contributed by atoms with Crippen molar-refractivity contribution in [3.05, 3.63) is 66.1 Å². The summed E-state index contributed by atoms with van der Waals surface area (Å²) in [6.07, 6.45) is 0. The zero-order chi connectivity index (χ0) is 20.9. The Morgan fingerprint density at radius 1 is 1.00 bits per heavy atom. The van der Waals surface area contributed by atoms with Gasteiger partial charge in [-0.2, -0.15) is 4.98 Å². The zero-order valence-electron chi connectivity index (χ0n) is 17.0. The largest absolute Gasteiger partial charge is 0.497 e. The summed E-state index contributed by atoms with van der Waals surface area (Å²) in [5.74, 6) is 2.03. The molecular formula is C22H24FN5OS. The second-order valence-corrected chi connectivity index (χ2v) is 8.18. The smallest absolute Gasteiger partial charge is 0.227 e. The number of rotatable bonds is 6. The molecule has 1 aliphatic heterocycles. The van der Waals surface area contributed by atoms with Gasteiger partial charge in [0, 0.05) is 48.5 Å². The van der Waals surface area contributed by atoms with Crippen molar-refractivity contribution in [2.45, 2.75) is 11.8 Å². The van der Waals surface area contributed by atoms with Gasteiger partial charge in [-0.15, -0.1) is 0 Å². The minimum absolute atomic E-state index is 0.259. The van der Waals surface area contributed by atoms with Gasteiger partial charge in [0.15, 0.2) is 0 Å². The number of hydrogen-bond donors (Lipinski definition) is 1. The highest BCUT2D eigenvalue weighted by Gasteiger charge is 2.20. The number of nitrogens with zero attached hydrogens (tertiary/aromatic N) is 4. The van der Waals surface area contributed by atoms with E-state index in [4.69, 9.17) is 4.74 Å². The minimum atomic E-state index is -0.259. The predicted octanol–water partition coefficient (Wildman–Crippen LogP) is 4.51. The summed E-state index contributed by atoms with van der Waals surface area (Å²) < 4.78 is 20.8.